The van der Waals surface area contributed by atoms with Gasteiger partial charge in [0.05, 0.1) is 24.3 Å². The number of hydrogen-bond acceptors (Lipinski definition) is 10. The summed E-state index contributed by atoms with van der Waals surface area (Å²) < 4.78 is 0. The van der Waals surface area contributed by atoms with Crippen molar-refractivity contribution in [3.8, 4) is 0 Å². The largest absolute Gasteiger partial charge is 0.396 e. The molecule has 0 bridgehead atoms. The van der Waals surface area contributed by atoms with Gasteiger partial charge in [0.25, 0.3) is 0 Å². The fourth-order valence-corrected chi connectivity index (χ4v) is 2.88. The van der Waals surface area contributed by atoms with E-state index in [9.17, 15) is 40.2 Å². The summed E-state index contributed by atoms with van der Waals surface area (Å²) >= 11 is 0. The molecule has 0 atom stereocenters. The summed E-state index contributed by atoms with van der Waals surface area (Å²) in [6.45, 7) is 3.55. The standard InChI is InChI=1S/C20H40N4O8/c1-17(2,15(31)21-19(13-29,5-9-25)6-10-26)23-24-18(3,4)16(32)22-20(14-30,7-11-27)8-12-28/h25-30H,5-14H2,1-4H3,(H,21,31)(H,22,32). The van der Waals surface area contributed by atoms with E-state index in [4.69, 9.17) is 0 Å². The molecular formula is C20H40N4O8. The van der Waals surface area contributed by atoms with Crippen molar-refractivity contribution >= 4 is 11.8 Å². The number of carbonyl (C=O) groups excluding carboxylic acids is 2. The number of azo groups is 1. The monoisotopic (exact) mass is 464 g/mol. The first-order valence-electron chi connectivity index (χ1n) is 10.6. The van der Waals surface area contributed by atoms with E-state index in [1.165, 1.54) is 27.7 Å². The molecule has 0 rings (SSSR count). The van der Waals surface area contributed by atoms with Gasteiger partial charge in [-0.1, -0.05) is 0 Å². The molecule has 0 radical (unpaired) electrons. The Labute approximate surface area is 188 Å². The average Bonchev–Trinajstić information content (AvgIpc) is 2.72. The Morgan fingerprint density at radius 2 is 0.844 bits per heavy atom. The number of aliphatic hydroxyl groups is 6. The minimum Gasteiger partial charge on any atom is -0.396 e. The van der Waals surface area contributed by atoms with E-state index >= 15 is 0 Å². The van der Waals surface area contributed by atoms with E-state index in [0.717, 1.165) is 0 Å². The summed E-state index contributed by atoms with van der Waals surface area (Å²) in [6, 6.07) is 0. The van der Waals surface area contributed by atoms with E-state index in [0.29, 0.717) is 0 Å². The van der Waals surface area contributed by atoms with Crippen LogP contribution in [0.3, 0.4) is 0 Å². The van der Waals surface area contributed by atoms with Crippen LogP contribution in [0.15, 0.2) is 10.2 Å². The molecule has 188 valence electrons. The van der Waals surface area contributed by atoms with Crippen LogP contribution < -0.4 is 10.6 Å². The van der Waals surface area contributed by atoms with Crippen molar-refractivity contribution in [1.82, 2.24) is 10.6 Å². The normalized spacial score (nSPS) is 13.4. The minimum absolute atomic E-state index is 0.0237. The number of carbonyl (C=O) groups is 2. The van der Waals surface area contributed by atoms with Crippen molar-refractivity contribution in [3.05, 3.63) is 0 Å². The molecule has 0 aromatic rings. The molecule has 32 heavy (non-hydrogen) atoms. The maximum atomic E-state index is 12.8. The third kappa shape index (κ3) is 8.68. The number of nitrogens with zero attached hydrogens (tertiary/aromatic N) is 2. The predicted octanol–water partition coefficient (Wildman–Crippen LogP) is -1.78. The molecule has 8 N–H and O–H groups in total. The van der Waals surface area contributed by atoms with Gasteiger partial charge in [-0.25, -0.2) is 0 Å². The highest BCUT2D eigenvalue weighted by Crippen LogP contribution is 2.22. The lowest BCUT2D eigenvalue weighted by Crippen LogP contribution is -2.58. The molecular weight excluding hydrogens is 424 g/mol. The van der Waals surface area contributed by atoms with Crippen LogP contribution in [0, 0.1) is 0 Å². The maximum absolute atomic E-state index is 12.8. The van der Waals surface area contributed by atoms with Crippen LogP contribution in [0.4, 0.5) is 0 Å². The lowest BCUT2D eigenvalue weighted by Gasteiger charge is -2.35. The van der Waals surface area contributed by atoms with Crippen LogP contribution in [0.2, 0.25) is 0 Å². The molecule has 2 amide bonds. The Morgan fingerprint density at radius 1 is 0.594 bits per heavy atom. The lowest BCUT2D eigenvalue weighted by atomic mass is 9.90. The highest BCUT2D eigenvalue weighted by molar-refractivity contribution is 5.87. The Bertz CT molecular complexity index is 561. The first-order valence-corrected chi connectivity index (χ1v) is 10.6. The maximum Gasteiger partial charge on any atom is 0.249 e. The Morgan fingerprint density at radius 3 is 1.03 bits per heavy atom. The molecule has 12 heteroatoms. The molecule has 0 aromatic heterocycles. The zero-order valence-electron chi connectivity index (χ0n) is 19.5. The number of nitrogens with one attached hydrogen (secondary N) is 2. The van der Waals surface area contributed by atoms with Gasteiger partial charge in [-0.2, -0.15) is 10.2 Å². The summed E-state index contributed by atoms with van der Waals surface area (Å²) in [5.74, 6) is -1.25. The van der Waals surface area contributed by atoms with Crippen molar-refractivity contribution in [2.45, 2.75) is 75.5 Å². The average molecular weight is 465 g/mol. The van der Waals surface area contributed by atoms with Gasteiger partial charge in [-0.05, 0) is 53.4 Å². The Hall–Kier alpha value is -1.70. The highest BCUT2D eigenvalue weighted by Gasteiger charge is 2.39. The summed E-state index contributed by atoms with van der Waals surface area (Å²) in [7, 11) is 0. The van der Waals surface area contributed by atoms with Crippen molar-refractivity contribution in [1.29, 1.82) is 0 Å². The molecule has 12 nitrogen and oxygen atoms in total. The number of rotatable bonds is 16. The van der Waals surface area contributed by atoms with E-state index < -0.39 is 47.2 Å². The van der Waals surface area contributed by atoms with Crippen LogP contribution in [0.25, 0.3) is 0 Å². The summed E-state index contributed by atoms with van der Waals surface area (Å²) in [6.07, 6.45) is 0.0948. The number of amides is 2. The van der Waals surface area contributed by atoms with Crippen molar-refractivity contribution in [2.24, 2.45) is 10.2 Å². The zero-order chi connectivity index (χ0) is 25.1. The lowest BCUT2D eigenvalue weighted by molar-refractivity contribution is -0.130. The van der Waals surface area contributed by atoms with Gasteiger partial charge < -0.3 is 41.3 Å². The fraction of sp³-hybridized carbons (Fsp3) is 0.900. The quantitative estimate of drug-likeness (QED) is 0.122. The summed E-state index contributed by atoms with van der Waals surface area (Å²) in [4.78, 5) is 25.6. The first-order chi connectivity index (χ1) is 14.8. The highest BCUT2D eigenvalue weighted by atomic mass is 16.3. The number of aliphatic hydroxyl groups excluding tert-OH is 6. The summed E-state index contributed by atoms with van der Waals surface area (Å²) in [5.41, 5.74) is -5.36. The van der Waals surface area contributed by atoms with E-state index in [-0.39, 0.29) is 52.1 Å². The van der Waals surface area contributed by atoms with Gasteiger partial charge in [-0.15, -0.1) is 0 Å². The van der Waals surface area contributed by atoms with Gasteiger partial charge in [0.2, 0.25) is 11.8 Å². The SMILES string of the molecule is CC(C)(N=NC(C)(C)C(=O)NC(CO)(CCO)CCO)C(=O)NC(CO)(CCO)CCO. The van der Waals surface area contributed by atoms with Crippen molar-refractivity contribution in [3.63, 3.8) is 0 Å². The predicted molar refractivity (Wildman–Crippen MR) is 116 cm³/mol. The fourth-order valence-electron chi connectivity index (χ4n) is 2.88. The minimum atomic E-state index is -1.45. The molecule has 0 unspecified atom stereocenters. The molecule has 0 saturated heterocycles. The second-order valence-corrected chi connectivity index (χ2v) is 9.00. The molecule has 0 aliphatic carbocycles. The van der Waals surface area contributed by atoms with Crippen LogP contribution in [0.5, 0.6) is 0 Å². The van der Waals surface area contributed by atoms with Gasteiger partial charge in [0, 0.05) is 26.4 Å². The van der Waals surface area contributed by atoms with Crippen molar-refractivity contribution < 1.29 is 40.2 Å². The van der Waals surface area contributed by atoms with Gasteiger partial charge >= 0.3 is 0 Å². The van der Waals surface area contributed by atoms with E-state index in [1.54, 1.807) is 0 Å². The third-order valence-corrected chi connectivity index (χ3v) is 5.39. The second-order valence-electron chi connectivity index (χ2n) is 9.00. The van der Waals surface area contributed by atoms with E-state index in [2.05, 4.69) is 20.9 Å². The van der Waals surface area contributed by atoms with Crippen LogP contribution in [-0.2, 0) is 9.59 Å². The third-order valence-electron chi connectivity index (χ3n) is 5.39. The van der Waals surface area contributed by atoms with E-state index in [1.807, 2.05) is 0 Å². The summed E-state index contributed by atoms with van der Waals surface area (Å²) in [5, 5.41) is 69.7. The molecule has 0 heterocycles. The second kappa shape index (κ2) is 13.1. The van der Waals surface area contributed by atoms with Crippen LogP contribution >= 0.6 is 0 Å². The molecule has 0 fully saturated rings. The Kier molecular flexibility index (Phi) is 12.4. The number of hydrogen-bond donors (Lipinski definition) is 8. The smallest absolute Gasteiger partial charge is 0.249 e. The molecule has 0 aromatic carbocycles. The molecule has 0 spiro atoms. The van der Waals surface area contributed by atoms with Crippen molar-refractivity contribution in [2.75, 3.05) is 39.6 Å². The van der Waals surface area contributed by atoms with Crippen LogP contribution in [0.1, 0.15) is 53.4 Å². The van der Waals surface area contributed by atoms with Gasteiger partial charge in [0.15, 0.2) is 11.1 Å². The molecule has 0 aliphatic rings. The zero-order valence-corrected chi connectivity index (χ0v) is 19.5. The Balaban J connectivity index is 5.55. The molecule has 0 saturated carbocycles. The van der Waals surface area contributed by atoms with Crippen LogP contribution in [-0.4, -0.2) is 104 Å². The van der Waals surface area contributed by atoms with Gasteiger partial charge in [-0.3, -0.25) is 9.59 Å². The van der Waals surface area contributed by atoms with Gasteiger partial charge in [0.1, 0.15) is 0 Å². The first kappa shape index (κ1) is 30.3. The molecule has 0 aliphatic heterocycles. The topological polar surface area (TPSA) is 204 Å².